The normalized spacial score (nSPS) is 16.8. The van der Waals surface area contributed by atoms with Gasteiger partial charge in [-0.3, -0.25) is 4.57 Å². The lowest BCUT2D eigenvalue weighted by Gasteiger charge is -2.42. The van der Waals surface area contributed by atoms with Gasteiger partial charge in [0, 0.05) is 44.5 Å². The molecule has 0 radical (unpaired) electrons. The summed E-state index contributed by atoms with van der Waals surface area (Å²) in [4.78, 5) is 18.0. The van der Waals surface area contributed by atoms with Gasteiger partial charge in [-0.25, -0.2) is 15.0 Å². The number of benzene rings is 7. The van der Waals surface area contributed by atoms with Gasteiger partial charge in [-0.15, -0.1) is 0 Å². The third kappa shape index (κ3) is 5.82. The van der Waals surface area contributed by atoms with E-state index in [0.29, 0.717) is 11.7 Å². The maximum absolute atomic E-state index is 6.62. The summed E-state index contributed by atoms with van der Waals surface area (Å²) in [5.41, 5.74) is 13.1. The Labute approximate surface area is 360 Å². The second-order valence-corrected chi connectivity index (χ2v) is 16.8. The maximum Gasteiger partial charge on any atom is 0.217 e. The highest BCUT2D eigenvalue weighted by atomic mass is 16.5. The van der Waals surface area contributed by atoms with Crippen molar-refractivity contribution in [1.82, 2.24) is 14.5 Å². The number of hydrogen-bond acceptors (Lipinski definition) is 5. The number of aliphatic imine (C=N–C) groups is 1. The van der Waals surface area contributed by atoms with Crippen molar-refractivity contribution in [2.24, 2.45) is 4.99 Å². The summed E-state index contributed by atoms with van der Waals surface area (Å²) in [6.45, 7) is 4.69. The van der Waals surface area contributed by atoms with Gasteiger partial charge in [0.05, 0.1) is 27.9 Å². The molecule has 0 N–H and O–H groups in total. The van der Waals surface area contributed by atoms with E-state index in [1.54, 1.807) is 0 Å². The molecule has 7 aromatic carbocycles. The molecular formula is C56H41N5O. The number of ether oxygens (including phenoxy) is 1. The fourth-order valence-corrected chi connectivity index (χ4v) is 9.61. The highest BCUT2D eigenvalue weighted by Gasteiger charge is 2.37. The fourth-order valence-electron chi connectivity index (χ4n) is 9.61. The number of fused-ring (bicyclic) bond motifs is 6. The lowest BCUT2D eigenvalue weighted by molar-refractivity contribution is 0.274. The molecule has 62 heavy (non-hydrogen) atoms. The first-order valence-corrected chi connectivity index (χ1v) is 21.3. The van der Waals surface area contributed by atoms with Gasteiger partial charge in [0.2, 0.25) is 5.90 Å². The Morgan fingerprint density at radius 3 is 1.92 bits per heavy atom. The van der Waals surface area contributed by atoms with E-state index >= 15 is 0 Å². The molecule has 2 atom stereocenters. The third-order valence-corrected chi connectivity index (χ3v) is 12.7. The zero-order chi connectivity index (χ0) is 41.4. The molecule has 6 nitrogen and oxygen atoms in total. The van der Waals surface area contributed by atoms with Crippen molar-refractivity contribution in [3.8, 4) is 39.6 Å². The van der Waals surface area contributed by atoms with Crippen molar-refractivity contribution >= 4 is 46.0 Å². The molecule has 2 aromatic heterocycles. The number of para-hydroxylation sites is 2. The van der Waals surface area contributed by atoms with Crippen LogP contribution in [0.15, 0.2) is 193 Å². The zero-order valence-corrected chi connectivity index (χ0v) is 34.4. The van der Waals surface area contributed by atoms with Gasteiger partial charge in [0.15, 0.2) is 5.82 Å². The highest BCUT2D eigenvalue weighted by Crippen LogP contribution is 2.52. The lowest BCUT2D eigenvalue weighted by Crippen LogP contribution is -2.38. The monoisotopic (exact) mass is 799 g/mol. The van der Waals surface area contributed by atoms with Crippen LogP contribution in [0, 0.1) is 0 Å². The predicted octanol–water partition coefficient (Wildman–Crippen LogP) is 11.3. The van der Waals surface area contributed by atoms with Crippen LogP contribution >= 0.6 is 0 Å². The van der Waals surface area contributed by atoms with Crippen molar-refractivity contribution in [3.05, 3.63) is 215 Å². The molecule has 4 heterocycles. The number of nitrogens with zero attached hydrogens (tertiary/aromatic N) is 5. The van der Waals surface area contributed by atoms with Crippen LogP contribution in [0.5, 0.6) is 0 Å². The topological polar surface area (TPSA) is 55.5 Å². The van der Waals surface area contributed by atoms with Gasteiger partial charge < -0.3 is 9.64 Å². The van der Waals surface area contributed by atoms with E-state index in [-0.39, 0.29) is 17.6 Å². The molecule has 12 rings (SSSR count). The van der Waals surface area contributed by atoms with Crippen molar-refractivity contribution in [2.45, 2.75) is 31.4 Å². The van der Waals surface area contributed by atoms with Crippen LogP contribution in [0.3, 0.4) is 0 Å². The Bertz CT molecular complexity index is 3300. The summed E-state index contributed by atoms with van der Waals surface area (Å²) < 4.78 is 8.92. The standard InChI is InChI=1S/C56H41N5O/c1-56(2)44-25-15-16-26-49(44)60(41-23-13-6-14-24-41)50-30-28-40(32-45(50)56)39-27-29-48-42(31-39)43-33-52-47(58-55(62-52)38-21-11-5-12-22-38)34-51(43)61(48)53-35-46(36-17-7-3-8-18-36)57-54(59-53)37-19-9-4-10-20-37/h3-35,47,52H,1-2H3. The first-order valence-electron chi connectivity index (χ1n) is 21.3. The average Bonchev–Trinajstić information content (AvgIpc) is 3.90. The van der Waals surface area contributed by atoms with E-state index in [4.69, 9.17) is 19.7 Å². The molecule has 9 aromatic rings. The van der Waals surface area contributed by atoms with Crippen molar-refractivity contribution in [1.29, 1.82) is 0 Å². The molecule has 6 heteroatoms. The molecule has 0 spiro atoms. The third-order valence-electron chi connectivity index (χ3n) is 12.7. The van der Waals surface area contributed by atoms with Gasteiger partial charge in [0.25, 0.3) is 0 Å². The quantitative estimate of drug-likeness (QED) is 0.168. The molecule has 2 unspecified atom stereocenters. The number of aromatic nitrogens is 3. The Morgan fingerprint density at radius 1 is 0.532 bits per heavy atom. The molecular weight excluding hydrogens is 759 g/mol. The van der Waals surface area contributed by atoms with Crippen LogP contribution in [0.25, 0.3) is 62.6 Å². The zero-order valence-electron chi connectivity index (χ0n) is 34.4. The minimum atomic E-state index is -0.237. The molecule has 0 fully saturated rings. The average molecular weight is 800 g/mol. The molecule has 3 aliphatic rings. The second kappa shape index (κ2) is 14.1. The maximum atomic E-state index is 6.62. The van der Waals surface area contributed by atoms with Crippen LogP contribution in [0.1, 0.15) is 30.5 Å². The Balaban J connectivity index is 1.06. The van der Waals surface area contributed by atoms with Crippen LogP contribution in [0.4, 0.5) is 17.1 Å². The van der Waals surface area contributed by atoms with E-state index < -0.39 is 0 Å². The number of rotatable bonds is 6. The summed E-state index contributed by atoms with van der Waals surface area (Å²) in [6, 6.07) is 66.0. The van der Waals surface area contributed by atoms with E-state index in [2.05, 4.69) is 181 Å². The Hall–Kier alpha value is -7.83. The summed E-state index contributed by atoms with van der Waals surface area (Å²) >= 11 is 0. The second-order valence-electron chi connectivity index (χ2n) is 16.8. The first-order chi connectivity index (χ1) is 30.5. The molecule has 0 bridgehead atoms. The highest BCUT2D eigenvalue weighted by molar-refractivity contribution is 5.97. The SMILES string of the molecule is CC1(C)c2ccccc2N(c2ccccc2)c2ccc(-c3ccc4c(c3)c3c(n4-c4cc(-c5ccccc5)nc(-c5ccccc5)n4)=CC4N=C(c5ccccc5)OC4C=3)cc21. The fraction of sp³-hybridized carbons (Fsp3) is 0.0893. The lowest BCUT2D eigenvalue weighted by atomic mass is 9.73. The van der Waals surface area contributed by atoms with E-state index in [1.807, 2.05) is 42.5 Å². The number of anilines is 3. The van der Waals surface area contributed by atoms with Gasteiger partial charge >= 0.3 is 0 Å². The van der Waals surface area contributed by atoms with Crippen molar-refractivity contribution in [2.75, 3.05) is 4.90 Å². The van der Waals surface area contributed by atoms with Crippen LogP contribution in [-0.4, -0.2) is 32.6 Å². The molecule has 0 amide bonds. The minimum absolute atomic E-state index is 0.192. The van der Waals surface area contributed by atoms with Gasteiger partial charge in [-0.05, 0) is 89.0 Å². The van der Waals surface area contributed by atoms with E-state index in [0.717, 1.165) is 66.5 Å². The smallest absolute Gasteiger partial charge is 0.217 e. The summed E-state index contributed by atoms with van der Waals surface area (Å²) in [5, 5.41) is 3.27. The molecule has 1 aliphatic carbocycles. The molecule has 296 valence electrons. The Kier molecular flexibility index (Phi) is 8.22. The van der Waals surface area contributed by atoms with Crippen LogP contribution in [-0.2, 0) is 10.2 Å². The van der Waals surface area contributed by atoms with Crippen molar-refractivity contribution in [3.63, 3.8) is 0 Å². The van der Waals surface area contributed by atoms with Gasteiger partial charge in [-0.1, -0.05) is 141 Å². The van der Waals surface area contributed by atoms with Crippen LogP contribution < -0.4 is 15.5 Å². The minimum Gasteiger partial charge on any atom is -0.467 e. The van der Waals surface area contributed by atoms with Crippen molar-refractivity contribution < 1.29 is 4.74 Å². The molecule has 2 aliphatic heterocycles. The van der Waals surface area contributed by atoms with E-state index in [1.165, 1.54) is 22.5 Å². The van der Waals surface area contributed by atoms with Gasteiger partial charge in [-0.2, -0.15) is 0 Å². The summed E-state index contributed by atoms with van der Waals surface area (Å²) in [7, 11) is 0. The van der Waals surface area contributed by atoms with Crippen LogP contribution in [0.2, 0.25) is 0 Å². The molecule has 0 saturated carbocycles. The van der Waals surface area contributed by atoms with Gasteiger partial charge in [0.1, 0.15) is 18.0 Å². The predicted molar refractivity (Wildman–Crippen MR) is 252 cm³/mol. The largest absolute Gasteiger partial charge is 0.467 e. The first kappa shape index (κ1) is 36.1. The summed E-state index contributed by atoms with van der Waals surface area (Å²) in [5.74, 6) is 2.13. The summed E-state index contributed by atoms with van der Waals surface area (Å²) in [6.07, 6.45) is 4.29. The number of hydrogen-bond donors (Lipinski definition) is 0. The van der Waals surface area contributed by atoms with E-state index in [9.17, 15) is 0 Å². The Morgan fingerprint density at radius 2 is 1.16 bits per heavy atom. The molecule has 0 saturated heterocycles.